The van der Waals surface area contributed by atoms with E-state index in [-0.39, 0.29) is 31.7 Å². The van der Waals surface area contributed by atoms with E-state index in [1.54, 1.807) is 81.1 Å². The first-order chi connectivity index (χ1) is 29.2. The Kier molecular flexibility index (Phi) is 11.9. The Bertz CT molecular complexity index is 3050. The fraction of sp³-hybridized carbons (Fsp3) is 0.227. The van der Waals surface area contributed by atoms with Gasteiger partial charge in [0.2, 0.25) is 11.2 Å². The van der Waals surface area contributed by atoms with Crippen molar-refractivity contribution >= 4 is 45.8 Å². The van der Waals surface area contributed by atoms with E-state index in [2.05, 4.69) is 49.9 Å². The lowest BCUT2D eigenvalue weighted by molar-refractivity contribution is -0.138. The van der Waals surface area contributed by atoms with E-state index in [1.165, 1.54) is 32.3 Å². The number of hydrogen-bond donors (Lipinski definition) is 3. The van der Waals surface area contributed by atoms with Crippen molar-refractivity contribution in [3.8, 4) is 47.2 Å². The molecule has 310 valence electrons. The molecule has 0 radical (unpaired) electrons. The van der Waals surface area contributed by atoms with Crippen molar-refractivity contribution in [1.82, 2.24) is 39.3 Å². The number of ether oxygens (including phenoxy) is 1. The predicted octanol–water partition coefficient (Wildman–Crippen LogP) is 2.00. The van der Waals surface area contributed by atoms with E-state index in [4.69, 9.17) is 10.5 Å². The number of likely N-dealkylation sites (tertiary alicyclic amines) is 2. The first-order valence-electron chi connectivity index (χ1n) is 18.4. The summed E-state index contributed by atoms with van der Waals surface area (Å²) in [6, 6.07) is 20.3. The molecule has 4 N–H and O–H groups in total. The summed E-state index contributed by atoms with van der Waals surface area (Å²) in [5, 5.41) is 49.5. The van der Waals surface area contributed by atoms with Crippen LogP contribution in [0.3, 0.4) is 0 Å². The molecule has 18 nitrogen and oxygen atoms in total. The van der Waals surface area contributed by atoms with Crippen LogP contribution in [-0.4, -0.2) is 119 Å². The Morgan fingerprint density at radius 2 is 1.15 bits per heavy atom. The van der Waals surface area contributed by atoms with E-state index >= 15 is 0 Å². The minimum absolute atomic E-state index is 0. The van der Waals surface area contributed by atoms with Gasteiger partial charge in [0.15, 0.2) is 22.7 Å². The van der Waals surface area contributed by atoms with Gasteiger partial charge in [0.05, 0.1) is 52.5 Å². The van der Waals surface area contributed by atoms with Crippen LogP contribution in [0.2, 0.25) is 0 Å². The maximum absolute atomic E-state index is 12.2. The van der Waals surface area contributed by atoms with Gasteiger partial charge < -0.3 is 30.5 Å². The van der Waals surface area contributed by atoms with Crippen molar-refractivity contribution in [3.63, 3.8) is 0 Å². The van der Waals surface area contributed by atoms with Crippen molar-refractivity contribution < 1.29 is 34.1 Å². The lowest BCUT2D eigenvalue weighted by Gasteiger charge is -2.13. The molecule has 6 heterocycles. The second-order valence-electron chi connectivity index (χ2n) is 14.1. The van der Waals surface area contributed by atoms with Gasteiger partial charge in [-0.15, -0.1) is 0 Å². The fourth-order valence-corrected chi connectivity index (χ4v) is 6.72. The van der Waals surface area contributed by atoms with Gasteiger partial charge in [0, 0.05) is 63.5 Å². The van der Waals surface area contributed by atoms with Gasteiger partial charge in [-0.05, 0) is 60.7 Å². The third-order valence-corrected chi connectivity index (χ3v) is 9.93. The molecule has 6 aromatic rings. The Morgan fingerprint density at radius 3 is 1.53 bits per heavy atom. The summed E-state index contributed by atoms with van der Waals surface area (Å²) in [6.07, 6.45) is 3.53. The van der Waals surface area contributed by atoms with E-state index in [9.17, 15) is 39.9 Å². The van der Waals surface area contributed by atoms with E-state index in [0.29, 0.717) is 68.8 Å². The monoisotopic (exact) mass is 831 g/mol. The Morgan fingerprint density at radius 1 is 0.726 bits per heavy atom. The second-order valence-corrected chi connectivity index (χ2v) is 14.1. The predicted molar refractivity (Wildman–Crippen MR) is 222 cm³/mol. The molecule has 4 aromatic heterocycles. The topological polar surface area (TPSA) is 259 Å². The summed E-state index contributed by atoms with van der Waals surface area (Å²) in [6.45, 7) is 0.823. The molecule has 0 bridgehead atoms. The molecular formula is C44H37N11O7. The number of aliphatic hydroxyl groups is 2. The zero-order chi connectivity index (χ0) is 43.6. The number of nitrogens with two attached hydrogens (primary N) is 1. The normalized spacial score (nSPS) is 17.7. The maximum Gasteiger partial charge on any atom is 0.359 e. The number of carbonyl (C=O) groups excluding carboxylic acids is 4. The van der Waals surface area contributed by atoms with Crippen LogP contribution in [0.5, 0.6) is 0 Å². The molecule has 3 amide bonds. The number of primary amides is 1. The molecule has 2 fully saturated rings. The smallest absolute Gasteiger partial charge is 0.359 e. The first-order valence-corrected chi connectivity index (χ1v) is 18.4. The van der Waals surface area contributed by atoms with Crippen LogP contribution in [0.1, 0.15) is 63.5 Å². The van der Waals surface area contributed by atoms with Crippen molar-refractivity contribution in [2.75, 3.05) is 34.3 Å². The summed E-state index contributed by atoms with van der Waals surface area (Å²) in [7, 11) is 4.47. The number of rotatable bonds is 4. The zero-order valence-electron chi connectivity index (χ0n) is 32.7. The molecule has 2 aliphatic heterocycles. The quantitative estimate of drug-likeness (QED) is 0.170. The molecule has 0 saturated carbocycles. The number of benzene rings is 2. The van der Waals surface area contributed by atoms with E-state index in [0.717, 1.165) is 0 Å². The third kappa shape index (κ3) is 8.11. The van der Waals surface area contributed by atoms with Crippen LogP contribution in [0, 0.1) is 46.3 Å². The zero-order valence-corrected chi connectivity index (χ0v) is 32.7. The molecule has 62 heavy (non-hydrogen) atoms. The van der Waals surface area contributed by atoms with Crippen LogP contribution in [0.25, 0.3) is 33.4 Å². The molecule has 0 unspecified atom stereocenters. The van der Waals surface area contributed by atoms with Crippen LogP contribution in [-0.2, 0) is 14.3 Å². The van der Waals surface area contributed by atoms with Gasteiger partial charge in [-0.25, -0.2) is 24.1 Å². The maximum atomic E-state index is 12.2. The van der Waals surface area contributed by atoms with Crippen molar-refractivity contribution in [3.05, 3.63) is 107 Å². The lowest BCUT2D eigenvalue weighted by atomic mass is 10.0. The minimum Gasteiger partial charge on any atom is -0.464 e. The van der Waals surface area contributed by atoms with Crippen molar-refractivity contribution in [1.29, 1.82) is 10.5 Å². The number of methoxy groups -OCH3 is 1. The van der Waals surface area contributed by atoms with Crippen molar-refractivity contribution in [2.24, 2.45) is 5.73 Å². The highest BCUT2D eigenvalue weighted by Gasteiger charge is 2.43. The number of likely N-dealkylation sites (N-methyl/N-ethyl adjacent to an activating group) is 2. The van der Waals surface area contributed by atoms with Crippen LogP contribution < -0.4 is 5.73 Å². The largest absolute Gasteiger partial charge is 0.464 e. The first kappa shape index (κ1) is 43.2. The summed E-state index contributed by atoms with van der Waals surface area (Å²) >= 11 is 0. The van der Waals surface area contributed by atoms with Gasteiger partial charge in [-0.2, -0.15) is 20.7 Å². The van der Waals surface area contributed by atoms with Gasteiger partial charge in [0.1, 0.15) is 0 Å². The number of aromatic nitrogens is 6. The number of amides is 3. The van der Waals surface area contributed by atoms with Gasteiger partial charge in [0.25, 0.3) is 17.7 Å². The van der Waals surface area contributed by atoms with Crippen LogP contribution in [0.4, 0.5) is 0 Å². The SMILES string of the molecule is C.CN1CC[C@@](O)(C#Cc2cc(C#N)cc(-n3nc(C(N)=O)c4cccnc43)c2)C1=O.COC(=O)c1nn(-c2cc(C#N)cc(C#C[C@]3(O)CCN(C)C3=O)c2)c2ncccc12. The second kappa shape index (κ2) is 17.0. The average Bonchev–Trinajstić information content (AvgIpc) is 4.01. The number of esters is 1. The third-order valence-electron chi connectivity index (χ3n) is 9.93. The molecule has 2 atom stereocenters. The molecular weight excluding hydrogens is 795 g/mol. The lowest BCUT2D eigenvalue weighted by Crippen LogP contribution is -2.37. The van der Waals surface area contributed by atoms with Gasteiger partial charge in [-0.1, -0.05) is 31.1 Å². The molecule has 2 aliphatic rings. The molecule has 8 rings (SSSR count). The summed E-state index contributed by atoms with van der Waals surface area (Å²) in [5.41, 5.74) is 5.16. The standard InChI is InChI=1S/C22H17N5O4.C21H16N6O3.CH4/c1-26-9-7-22(30,21(26)29)6-5-14-10-15(13-23)12-16(11-14)27-19-17(4-3-8-24-19)18(25-27)20(28)31-2;1-26-8-6-21(30,20(26)29)5-4-13-9-14(12-22)11-15(10-13)27-19-16(3-2-7-24-19)17(25-27)18(23)28;/h3-4,8,10-12,30H,7,9H2,1-2H3;2-3,7,9-11,30H,6,8H2,1H3,(H2,23,28);1H4/t22-;21-;/m00./s1. The van der Waals surface area contributed by atoms with Gasteiger partial charge in [-0.3, -0.25) is 14.4 Å². The molecule has 2 aromatic carbocycles. The highest BCUT2D eigenvalue weighted by molar-refractivity contribution is 6.03. The molecule has 18 heteroatoms. The van der Waals surface area contributed by atoms with Gasteiger partial charge >= 0.3 is 5.97 Å². The minimum atomic E-state index is -1.75. The Labute approximate surface area is 354 Å². The van der Waals surface area contributed by atoms with Crippen molar-refractivity contribution in [2.45, 2.75) is 31.5 Å². The van der Waals surface area contributed by atoms with Crippen LogP contribution >= 0.6 is 0 Å². The van der Waals surface area contributed by atoms with E-state index < -0.39 is 34.9 Å². The van der Waals surface area contributed by atoms with Crippen LogP contribution in [0.15, 0.2) is 73.1 Å². The summed E-state index contributed by atoms with van der Waals surface area (Å²) < 4.78 is 7.64. The molecule has 0 aliphatic carbocycles. The number of pyridine rings is 2. The highest BCUT2D eigenvalue weighted by Crippen LogP contribution is 2.26. The number of nitriles is 2. The average molecular weight is 832 g/mol. The molecule has 0 spiro atoms. The Hall–Kier alpha value is -8.42. The number of nitrogens with zero attached hydrogens (tertiary/aromatic N) is 10. The Balaban J connectivity index is 0.000000204. The fourth-order valence-electron chi connectivity index (χ4n) is 6.72. The number of hydrogen-bond acceptors (Lipinski definition) is 13. The van der Waals surface area contributed by atoms with E-state index in [1.807, 2.05) is 6.07 Å². The highest BCUT2D eigenvalue weighted by atomic mass is 16.5. The summed E-state index contributed by atoms with van der Waals surface area (Å²) in [4.78, 5) is 59.6. The number of fused-ring (bicyclic) bond motifs is 2. The number of carbonyl (C=O) groups is 4. The molecule has 2 saturated heterocycles. The summed E-state index contributed by atoms with van der Waals surface area (Å²) in [5.74, 6) is 8.63.